The zero-order chi connectivity index (χ0) is 42.8. The zero-order valence-corrected chi connectivity index (χ0v) is 34.2. The highest BCUT2D eigenvalue weighted by molar-refractivity contribution is 5.97. The Balaban J connectivity index is 1.46. The molecule has 2 aromatic carbocycles. The maximum Gasteiger partial charge on any atom is 0.246 e. The highest BCUT2D eigenvalue weighted by Gasteiger charge is 2.39. The number of ether oxygens (including phenoxy) is 1. The lowest BCUT2D eigenvalue weighted by Gasteiger charge is -2.29. The molecule has 3 aromatic rings. The van der Waals surface area contributed by atoms with Crippen LogP contribution in [0.4, 0.5) is 0 Å². The summed E-state index contributed by atoms with van der Waals surface area (Å²) < 4.78 is 5.53. The van der Waals surface area contributed by atoms with Crippen molar-refractivity contribution in [1.82, 2.24) is 41.8 Å². The molecule has 5 rings (SSSR count). The number of amides is 7. The smallest absolute Gasteiger partial charge is 0.246 e. The summed E-state index contributed by atoms with van der Waals surface area (Å²) in [6.07, 6.45) is 2.42. The second-order valence-corrected chi connectivity index (χ2v) is 15.8. The summed E-state index contributed by atoms with van der Waals surface area (Å²) >= 11 is 0. The molecule has 2 fully saturated rings. The lowest BCUT2D eigenvalue weighted by atomic mass is 9.95. The molecule has 318 valence electrons. The standard InChI is InChI=1S/C42H56N8O9/c1-23(2)12-13-25-17-26(14-15-32(25)59-5)38(54)37-41(57)46-20-33(51)47-30(18-27-19-43-29-10-7-6-9-28(27)29)42(58)50-16-8-11-31(50)39(55)44-21-34(52)48-36(24(3)4)40(56)45-22-35(53)49-37/h6-7,9-10,14-15,17,19,23-24,30-31,36-38,43,54H,8,11-13,16,18,20-22H2,1-5H3,(H,44,55)(H,45,56)(H,46,57)(H,47,51)(H,48,52)(H,49,53)/t30-,31-,36-,37-,38-/m0/s1. The number of rotatable bonds is 9. The molecule has 17 heteroatoms. The van der Waals surface area contributed by atoms with Crippen molar-refractivity contribution < 1.29 is 43.4 Å². The number of carbonyl (C=O) groups is 7. The van der Waals surface area contributed by atoms with E-state index in [1.54, 1.807) is 38.2 Å². The molecule has 0 bridgehead atoms. The Morgan fingerprint density at radius 1 is 0.780 bits per heavy atom. The van der Waals surface area contributed by atoms with Crippen LogP contribution in [-0.4, -0.2) is 114 Å². The van der Waals surface area contributed by atoms with E-state index in [1.165, 1.54) is 12.0 Å². The normalized spacial score (nSPS) is 22.4. The molecule has 5 atom stereocenters. The molecule has 0 unspecified atom stereocenters. The molecule has 2 aliphatic heterocycles. The number of aromatic amines is 1. The van der Waals surface area contributed by atoms with Gasteiger partial charge in [-0.1, -0.05) is 52.0 Å². The molecule has 17 nitrogen and oxygen atoms in total. The van der Waals surface area contributed by atoms with Gasteiger partial charge >= 0.3 is 0 Å². The first-order chi connectivity index (χ1) is 28.2. The van der Waals surface area contributed by atoms with Crippen molar-refractivity contribution in [3.8, 4) is 5.75 Å². The third-order valence-electron chi connectivity index (χ3n) is 10.7. The minimum atomic E-state index is -1.64. The SMILES string of the molecule is COc1ccc([C@H](O)[C@@H]2NC(=O)CNC(=O)[C@H](C(C)C)NC(=O)CNC(=O)[C@@H]3CCCN3C(=O)[C@H](Cc3c[nH]c4ccccc34)NC(=O)CNC2=O)cc1CCC(C)C. The number of aromatic nitrogens is 1. The van der Waals surface area contributed by atoms with Crippen molar-refractivity contribution in [2.75, 3.05) is 33.3 Å². The van der Waals surface area contributed by atoms with E-state index in [4.69, 9.17) is 4.74 Å². The van der Waals surface area contributed by atoms with Gasteiger partial charge in [0.05, 0.1) is 26.7 Å². The number of methoxy groups -OCH3 is 1. The number of aliphatic hydroxyl groups excluding tert-OH is 1. The molecule has 7 amide bonds. The monoisotopic (exact) mass is 816 g/mol. The summed E-state index contributed by atoms with van der Waals surface area (Å²) in [5.74, 6) is -4.44. The Morgan fingerprint density at radius 2 is 1.41 bits per heavy atom. The fourth-order valence-electron chi connectivity index (χ4n) is 7.40. The van der Waals surface area contributed by atoms with Crippen LogP contribution >= 0.6 is 0 Å². The Kier molecular flexibility index (Phi) is 15.1. The number of aliphatic hydroxyl groups is 1. The fourth-order valence-corrected chi connectivity index (χ4v) is 7.40. The van der Waals surface area contributed by atoms with Gasteiger partial charge in [-0.15, -0.1) is 0 Å². The number of benzene rings is 2. The first-order valence-electron chi connectivity index (χ1n) is 20.1. The van der Waals surface area contributed by atoms with Crippen LogP contribution in [0.1, 0.15) is 69.8 Å². The van der Waals surface area contributed by atoms with Crippen LogP contribution in [0.3, 0.4) is 0 Å². The summed E-state index contributed by atoms with van der Waals surface area (Å²) in [4.78, 5) is 99.4. The van der Waals surface area contributed by atoms with Crippen LogP contribution in [-0.2, 0) is 46.4 Å². The third-order valence-corrected chi connectivity index (χ3v) is 10.7. The zero-order valence-electron chi connectivity index (χ0n) is 34.2. The Morgan fingerprint density at radius 3 is 2.07 bits per heavy atom. The number of fused-ring (bicyclic) bond motifs is 2. The van der Waals surface area contributed by atoms with Crippen molar-refractivity contribution in [3.63, 3.8) is 0 Å². The Bertz CT molecular complexity index is 2030. The average molecular weight is 817 g/mol. The predicted octanol–water partition coefficient (Wildman–Crippen LogP) is 0.505. The van der Waals surface area contributed by atoms with Crippen LogP contribution in [0, 0.1) is 11.8 Å². The van der Waals surface area contributed by atoms with Crippen molar-refractivity contribution in [3.05, 3.63) is 65.4 Å². The van der Waals surface area contributed by atoms with E-state index in [2.05, 4.69) is 50.7 Å². The van der Waals surface area contributed by atoms with E-state index in [0.29, 0.717) is 36.5 Å². The van der Waals surface area contributed by atoms with Gasteiger partial charge in [-0.3, -0.25) is 33.6 Å². The first-order valence-corrected chi connectivity index (χ1v) is 20.1. The molecule has 1 aromatic heterocycles. The molecule has 2 saturated heterocycles. The van der Waals surface area contributed by atoms with Crippen molar-refractivity contribution in [1.29, 1.82) is 0 Å². The van der Waals surface area contributed by atoms with Crippen LogP contribution in [0.5, 0.6) is 5.75 Å². The Hall–Kier alpha value is -5.97. The van der Waals surface area contributed by atoms with Gasteiger partial charge in [-0.05, 0) is 72.4 Å². The number of carbonyl (C=O) groups excluding carboxylic acids is 7. The highest BCUT2D eigenvalue weighted by Crippen LogP contribution is 2.28. The minimum Gasteiger partial charge on any atom is -0.496 e. The second kappa shape index (κ2) is 20.1. The van der Waals surface area contributed by atoms with Gasteiger partial charge in [-0.2, -0.15) is 0 Å². The average Bonchev–Trinajstić information content (AvgIpc) is 3.88. The maximum absolute atomic E-state index is 14.3. The molecule has 0 radical (unpaired) electrons. The van der Waals surface area contributed by atoms with E-state index in [0.717, 1.165) is 28.5 Å². The number of H-pyrrole nitrogens is 1. The van der Waals surface area contributed by atoms with Gasteiger partial charge in [-0.25, -0.2) is 0 Å². The summed E-state index contributed by atoms with van der Waals surface area (Å²) in [7, 11) is 1.53. The Labute approximate surface area is 343 Å². The number of hydrogen-bond acceptors (Lipinski definition) is 9. The van der Waals surface area contributed by atoms with E-state index in [1.807, 2.05) is 24.3 Å². The fraction of sp³-hybridized carbons (Fsp3) is 0.500. The van der Waals surface area contributed by atoms with Crippen LogP contribution in [0.15, 0.2) is 48.7 Å². The van der Waals surface area contributed by atoms with Gasteiger partial charge in [0.25, 0.3) is 0 Å². The summed E-state index contributed by atoms with van der Waals surface area (Å²) in [6, 6.07) is 7.55. The summed E-state index contributed by atoms with van der Waals surface area (Å²) in [6.45, 7) is 6.01. The van der Waals surface area contributed by atoms with Gasteiger partial charge in [0, 0.05) is 30.1 Å². The lowest BCUT2D eigenvalue weighted by Crippen LogP contribution is -2.56. The molecule has 3 heterocycles. The van der Waals surface area contributed by atoms with Gasteiger partial charge in [0.2, 0.25) is 41.4 Å². The molecule has 0 spiro atoms. The number of hydrogen-bond donors (Lipinski definition) is 8. The topological polar surface area (TPSA) is 240 Å². The predicted molar refractivity (Wildman–Crippen MR) is 218 cm³/mol. The van der Waals surface area contributed by atoms with Crippen molar-refractivity contribution in [2.24, 2.45) is 11.8 Å². The number of aryl methyl sites for hydroxylation is 1. The lowest BCUT2D eigenvalue weighted by molar-refractivity contribution is -0.141. The van der Waals surface area contributed by atoms with Crippen molar-refractivity contribution in [2.45, 2.75) is 90.1 Å². The molecule has 0 aliphatic carbocycles. The molecule has 2 aliphatic rings. The van der Waals surface area contributed by atoms with Gasteiger partial charge in [0.1, 0.15) is 36.0 Å². The van der Waals surface area contributed by atoms with Crippen LogP contribution in [0.2, 0.25) is 0 Å². The quantitative estimate of drug-likeness (QED) is 0.150. The number of nitrogens with one attached hydrogen (secondary N) is 7. The molecular weight excluding hydrogens is 761 g/mol. The number of para-hydroxylation sites is 1. The second-order valence-electron chi connectivity index (χ2n) is 15.8. The van der Waals surface area contributed by atoms with E-state index in [-0.39, 0.29) is 13.0 Å². The number of nitrogens with zero attached hydrogens (tertiary/aromatic N) is 1. The van der Waals surface area contributed by atoms with Crippen LogP contribution in [0.25, 0.3) is 10.9 Å². The first kappa shape index (κ1) is 44.1. The van der Waals surface area contributed by atoms with Crippen molar-refractivity contribution >= 4 is 52.3 Å². The van der Waals surface area contributed by atoms with E-state index < -0.39 is 97.2 Å². The van der Waals surface area contributed by atoms with Crippen LogP contribution < -0.4 is 36.6 Å². The minimum absolute atomic E-state index is 0.0431. The molecule has 8 N–H and O–H groups in total. The third kappa shape index (κ3) is 11.4. The summed E-state index contributed by atoms with van der Waals surface area (Å²) in [5, 5.41) is 27.9. The molecular formula is C42H56N8O9. The van der Waals surface area contributed by atoms with E-state index in [9.17, 15) is 38.7 Å². The highest BCUT2D eigenvalue weighted by atomic mass is 16.5. The van der Waals surface area contributed by atoms with Gasteiger partial charge in [0.15, 0.2) is 0 Å². The van der Waals surface area contributed by atoms with Gasteiger partial charge < -0.3 is 51.6 Å². The maximum atomic E-state index is 14.3. The largest absolute Gasteiger partial charge is 0.496 e. The molecule has 59 heavy (non-hydrogen) atoms. The molecule has 0 saturated carbocycles. The van der Waals surface area contributed by atoms with E-state index >= 15 is 0 Å². The summed E-state index contributed by atoms with van der Waals surface area (Å²) in [5.41, 5.74) is 2.62.